The van der Waals surface area contributed by atoms with Gasteiger partial charge in [0.2, 0.25) is 21.8 Å². The van der Waals surface area contributed by atoms with Crippen LogP contribution in [0.1, 0.15) is 45.2 Å². The van der Waals surface area contributed by atoms with E-state index in [4.69, 9.17) is 0 Å². The number of likely N-dealkylation sites (N-methyl/N-ethyl adjacent to an activating group) is 1. The van der Waals surface area contributed by atoms with Gasteiger partial charge in [0, 0.05) is 19.1 Å². The third-order valence-electron chi connectivity index (χ3n) is 5.24. The molecule has 0 fully saturated rings. The lowest BCUT2D eigenvalue weighted by atomic mass is 10.1. The van der Waals surface area contributed by atoms with Crippen LogP contribution in [0.5, 0.6) is 0 Å². The lowest BCUT2D eigenvalue weighted by molar-refractivity contribution is -0.142. The summed E-state index contributed by atoms with van der Waals surface area (Å²) < 4.78 is 40.4. The Morgan fingerprint density at radius 2 is 1.59 bits per heavy atom. The van der Waals surface area contributed by atoms with Crippen LogP contribution in [-0.4, -0.2) is 54.6 Å². The van der Waals surface area contributed by atoms with Gasteiger partial charge in [0.05, 0.1) is 11.4 Å². The maximum Gasteiger partial charge on any atom is 0.243 e. The van der Waals surface area contributed by atoms with E-state index in [2.05, 4.69) is 5.32 Å². The number of carbonyl (C=O) groups excluding carboxylic acids is 2. The number of aryl methyl sites for hydroxylation is 1. The Labute approximate surface area is 202 Å². The highest BCUT2D eigenvalue weighted by Crippen LogP contribution is 2.18. The van der Waals surface area contributed by atoms with E-state index in [9.17, 15) is 22.4 Å². The highest BCUT2D eigenvalue weighted by molar-refractivity contribution is 7.89. The SMILES string of the molecule is CCC(C(=O)NC(C)(C)C)N(Cc1ccc(F)cc1)C(=O)CN(C)S(=O)(=O)c1ccc(C)cc1. The summed E-state index contributed by atoms with van der Waals surface area (Å²) in [5.41, 5.74) is 1.03. The van der Waals surface area contributed by atoms with Crippen molar-refractivity contribution < 1.29 is 22.4 Å². The molecule has 0 aliphatic heterocycles. The van der Waals surface area contributed by atoms with Gasteiger partial charge in [-0.25, -0.2) is 12.8 Å². The number of nitrogens with zero attached hydrogens (tertiary/aromatic N) is 2. The Kier molecular flexibility index (Phi) is 8.96. The Balaban J connectivity index is 2.34. The number of hydrogen-bond donors (Lipinski definition) is 1. The molecule has 0 aliphatic carbocycles. The molecule has 0 aliphatic rings. The van der Waals surface area contributed by atoms with Gasteiger partial charge in [0.25, 0.3) is 0 Å². The van der Waals surface area contributed by atoms with E-state index >= 15 is 0 Å². The third kappa shape index (κ3) is 7.36. The first kappa shape index (κ1) is 27.5. The summed E-state index contributed by atoms with van der Waals surface area (Å²) in [6, 6.07) is 11.2. The molecule has 9 heteroatoms. The lowest BCUT2D eigenvalue weighted by Crippen LogP contribution is -2.55. The quantitative estimate of drug-likeness (QED) is 0.582. The number of nitrogens with one attached hydrogen (secondary N) is 1. The van der Waals surface area contributed by atoms with Crippen molar-refractivity contribution in [2.24, 2.45) is 0 Å². The van der Waals surface area contributed by atoms with Crippen molar-refractivity contribution in [3.8, 4) is 0 Å². The molecule has 186 valence electrons. The molecule has 0 saturated heterocycles. The van der Waals surface area contributed by atoms with E-state index in [-0.39, 0.29) is 17.3 Å². The molecule has 0 aromatic heterocycles. The van der Waals surface area contributed by atoms with Crippen LogP contribution in [0.25, 0.3) is 0 Å². The number of benzene rings is 2. The zero-order valence-corrected chi connectivity index (χ0v) is 21.4. The fourth-order valence-electron chi connectivity index (χ4n) is 3.42. The molecule has 2 aromatic carbocycles. The summed E-state index contributed by atoms with van der Waals surface area (Å²) >= 11 is 0. The summed E-state index contributed by atoms with van der Waals surface area (Å²) in [6.45, 7) is 8.74. The fourth-order valence-corrected chi connectivity index (χ4v) is 4.54. The van der Waals surface area contributed by atoms with Gasteiger partial charge in [0.1, 0.15) is 11.9 Å². The van der Waals surface area contributed by atoms with Crippen molar-refractivity contribution in [3.63, 3.8) is 0 Å². The number of amides is 2. The fraction of sp³-hybridized carbons (Fsp3) is 0.440. The zero-order chi connectivity index (χ0) is 25.7. The second-order valence-electron chi connectivity index (χ2n) is 9.39. The van der Waals surface area contributed by atoms with E-state index in [1.165, 1.54) is 48.3 Å². The molecule has 0 heterocycles. The van der Waals surface area contributed by atoms with Gasteiger partial charge in [-0.1, -0.05) is 36.8 Å². The van der Waals surface area contributed by atoms with Crippen molar-refractivity contribution in [1.82, 2.24) is 14.5 Å². The Morgan fingerprint density at radius 1 is 1.03 bits per heavy atom. The molecule has 2 amide bonds. The average Bonchev–Trinajstić information content (AvgIpc) is 2.74. The predicted octanol–water partition coefficient (Wildman–Crippen LogP) is 3.48. The normalized spacial score (nSPS) is 12.9. The second-order valence-corrected chi connectivity index (χ2v) is 11.4. The second kappa shape index (κ2) is 11.1. The lowest BCUT2D eigenvalue weighted by Gasteiger charge is -2.34. The van der Waals surface area contributed by atoms with Gasteiger partial charge in [-0.3, -0.25) is 9.59 Å². The summed E-state index contributed by atoms with van der Waals surface area (Å²) in [4.78, 5) is 27.8. The monoisotopic (exact) mass is 491 g/mol. The molecule has 0 radical (unpaired) electrons. The van der Waals surface area contributed by atoms with Crippen LogP contribution in [0.4, 0.5) is 4.39 Å². The molecular weight excluding hydrogens is 457 g/mol. The smallest absolute Gasteiger partial charge is 0.243 e. The van der Waals surface area contributed by atoms with E-state index < -0.39 is 39.9 Å². The minimum atomic E-state index is -3.91. The van der Waals surface area contributed by atoms with Crippen molar-refractivity contribution in [2.75, 3.05) is 13.6 Å². The van der Waals surface area contributed by atoms with Crippen LogP contribution in [0.15, 0.2) is 53.4 Å². The number of sulfonamides is 1. The summed E-state index contributed by atoms with van der Waals surface area (Å²) in [5.74, 6) is -1.28. The molecule has 1 N–H and O–H groups in total. The van der Waals surface area contributed by atoms with Crippen LogP contribution in [0.2, 0.25) is 0 Å². The predicted molar refractivity (Wildman–Crippen MR) is 130 cm³/mol. The van der Waals surface area contributed by atoms with E-state index in [1.54, 1.807) is 19.1 Å². The Morgan fingerprint density at radius 3 is 2.09 bits per heavy atom. The molecule has 1 unspecified atom stereocenters. The third-order valence-corrected chi connectivity index (χ3v) is 7.05. The first-order chi connectivity index (χ1) is 15.7. The average molecular weight is 492 g/mol. The van der Waals surface area contributed by atoms with Crippen molar-refractivity contribution >= 4 is 21.8 Å². The van der Waals surface area contributed by atoms with Crippen LogP contribution < -0.4 is 5.32 Å². The van der Waals surface area contributed by atoms with Gasteiger partial charge in [-0.2, -0.15) is 4.31 Å². The van der Waals surface area contributed by atoms with Gasteiger partial charge in [0.15, 0.2) is 0 Å². The summed E-state index contributed by atoms with van der Waals surface area (Å²) in [6.07, 6.45) is 0.323. The van der Waals surface area contributed by atoms with E-state index in [0.717, 1.165) is 9.87 Å². The maximum atomic E-state index is 13.4. The molecule has 7 nitrogen and oxygen atoms in total. The molecule has 0 saturated carbocycles. The Bertz CT molecular complexity index is 1090. The van der Waals surface area contributed by atoms with Crippen LogP contribution in [0, 0.1) is 12.7 Å². The molecular formula is C25H34FN3O4S. The highest BCUT2D eigenvalue weighted by Gasteiger charge is 2.33. The molecule has 0 bridgehead atoms. The molecule has 34 heavy (non-hydrogen) atoms. The van der Waals surface area contributed by atoms with Gasteiger partial charge < -0.3 is 10.2 Å². The topological polar surface area (TPSA) is 86.8 Å². The van der Waals surface area contributed by atoms with Gasteiger partial charge in [-0.15, -0.1) is 0 Å². The van der Waals surface area contributed by atoms with Crippen molar-refractivity contribution in [1.29, 1.82) is 0 Å². The largest absolute Gasteiger partial charge is 0.350 e. The first-order valence-electron chi connectivity index (χ1n) is 11.1. The number of carbonyl (C=O) groups is 2. The minimum Gasteiger partial charge on any atom is -0.350 e. The maximum absolute atomic E-state index is 13.4. The van der Waals surface area contributed by atoms with Crippen LogP contribution >= 0.6 is 0 Å². The molecule has 1 atom stereocenters. The van der Waals surface area contributed by atoms with E-state index in [1.807, 2.05) is 27.7 Å². The van der Waals surface area contributed by atoms with Crippen molar-refractivity contribution in [3.05, 3.63) is 65.5 Å². The van der Waals surface area contributed by atoms with E-state index in [0.29, 0.717) is 12.0 Å². The van der Waals surface area contributed by atoms with Crippen molar-refractivity contribution in [2.45, 2.75) is 64.1 Å². The molecule has 0 spiro atoms. The highest BCUT2D eigenvalue weighted by atomic mass is 32.2. The van der Waals surface area contributed by atoms with Gasteiger partial charge >= 0.3 is 0 Å². The van der Waals surface area contributed by atoms with Crippen LogP contribution in [0.3, 0.4) is 0 Å². The summed E-state index contributed by atoms with van der Waals surface area (Å²) in [7, 11) is -2.58. The number of halogens is 1. The van der Waals surface area contributed by atoms with Gasteiger partial charge in [-0.05, 0) is 63.9 Å². The molecule has 2 aromatic rings. The number of hydrogen-bond acceptors (Lipinski definition) is 4. The summed E-state index contributed by atoms with van der Waals surface area (Å²) in [5, 5.41) is 2.89. The first-order valence-corrected chi connectivity index (χ1v) is 12.6. The minimum absolute atomic E-state index is 0.0353. The molecule has 2 rings (SSSR count). The standard InChI is InChI=1S/C25H34FN3O4S/c1-7-22(24(31)27-25(3,4)5)29(16-19-10-12-20(26)13-11-19)23(30)17-28(6)34(32,33)21-14-8-18(2)9-15-21/h8-15,22H,7,16-17H2,1-6H3,(H,27,31). The Hall–Kier alpha value is -2.78. The number of rotatable bonds is 9. The zero-order valence-electron chi connectivity index (χ0n) is 20.6. The van der Waals surface area contributed by atoms with Crippen LogP contribution in [-0.2, 0) is 26.2 Å².